The number of benzene rings is 1. The summed E-state index contributed by atoms with van der Waals surface area (Å²) in [4.78, 5) is 39.6. The molecule has 7 heteroatoms. The Hall–Kier alpha value is -2.57. The molecule has 2 aliphatic heterocycles. The van der Waals surface area contributed by atoms with Crippen LogP contribution in [0.1, 0.15) is 41.6 Å². The van der Waals surface area contributed by atoms with Crippen molar-refractivity contribution in [2.45, 2.75) is 32.6 Å². The quantitative estimate of drug-likeness (QED) is 0.862. The molecule has 0 aliphatic carbocycles. The minimum absolute atomic E-state index is 0.00774. The highest BCUT2D eigenvalue weighted by Gasteiger charge is 2.42. The maximum atomic E-state index is 12.8. The zero-order chi connectivity index (χ0) is 19.6. The van der Waals surface area contributed by atoms with Crippen LogP contribution in [0, 0.1) is 12.3 Å². The summed E-state index contributed by atoms with van der Waals surface area (Å²) < 4.78 is 5.26. The van der Waals surface area contributed by atoms with Gasteiger partial charge in [-0.2, -0.15) is 0 Å². The number of rotatable bonds is 4. The Morgan fingerprint density at radius 2 is 1.93 bits per heavy atom. The number of nitrogens with zero attached hydrogens (tertiary/aromatic N) is 2. The number of aryl methyl sites for hydroxylation is 1. The number of hydrogen-bond acceptors (Lipinski definition) is 4. The average molecular weight is 373 g/mol. The van der Waals surface area contributed by atoms with Crippen molar-refractivity contribution in [2.75, 3.05) is 33.3 Å². The van der Waals surface area contributed by atoms with E-state index in [-0.39, 0.29) is 23.8 Å². The first-order chi connectivity index (χ1) is 12.8. The van der Waals surface area contributed by atoms with Gasteiger partial charge in [-0.05, 0) is 55.4 Å². The van der Waals surface area contributed by atoms with E-state index in [1.165, 1.54) is 0 Å². The Balaban J connectivity index is 1.64. The molecule has 2 saturated heterocycles. The molecule has 7 nitrogen and oxygen atoms in total. The molecule has 3 rings (SSSR count). The Morgan fingerprint density at radius 3 is 2.52 bits per heavy atom. The molecule has 0 unspecified atom stereocenters. The van der Waals surface area contributed by atoms with Gasteiger partial charge in [-0.1, -0.05) is 0 Å². The van der Waals surface area contributed by atoms with E-state index in [1.807, 2.05) is 24.0 Å². The van der Waals surface area contributed by atoms with Gasteiger partial charge in [-0.25, -0.2) is 0 Å². The molecule has 3 amide bonds. The molecule has 27 heavy (non-hydrogen) atoms. The molecule has 1 aromatic carbocycles. The fraction of sp³-hybridized carbons (Fsp3) is 0.550. The Bertz CT molecular complexity index is 754. The monoisotopic (exact) mass is 373 g/mol. The number of likely N-dealkylation sites (tertiary alicyclic amines) is 2. The van der Waals surface area contributed by atoms with Crippen LogP contribution in [0.4, 0.5) is 0 Å². The molecule has 1 spiro atoms. The number of amides is 3. The van der Waals surface area contributed by atoms with Gasteiger partial charge in [-0.3, -0.25) is 14.4 Å². The van der Waals surface area contributed by atoms with Gasteiger partial charge in [0.2, 0.25) is 11.8 Å². The summed E-state index contributed by atoms with van der Waals surface area (Å²) in [5.74, 6) is 0.302. The highest BCUT2D eigenvalue weighted by atomic mass is 16.5. The molecule has 0 aromatic heterocycles. The largest absolute Gasteiger partial charge is 0.496 e. The smallest absolute Gasteiger partial charge is 0.253 e. The van der Waals surface area contributed by atoms with E-state index >= 15 is 0 Å². The molecule has 2 aliphatic rings. The summed E-state index contributed by atoms with van der Waals surface area (Å²) in [5, 5.41) is 0. The lowest BCUT2D eigenvalue weighted by atomic mass is 9.72. The first kappa shape index (κ1) is 19.2. The number of primary amides is 1. The van der Waals surface area contributed by atoms with Crippen LogP contribution < -0.4 is 10.5 Å². The fourth-order valence-corrected chi connectivity index (χ4v) is 4.22. The third kappa shape index (κ3) is 4.07. The van der Waals surface area contributed by atoms with Gasteiger partial charge >= 0.3 is 0 Å². The summed E-state index contributed by atoms with van der Waals surface area (Å²) in [7, 11) is 1.62. The van der Waals surface area contributed by atoms with E-state index in [0.717, 1.165) is 30.6 Å². The van der Waals surface area contributed by atoms with Gasteiger partial charge in [0, 0.05) is 31.6 Å². The summed E-state index contributed by atoms with van der Waals surface area (Å²) in [5.41, 5.74) is 6.85. The Kier molecular flexibility index (Phi) is 5.39. The van der Waals surface area contributed by atoms with Gasteiger partial charge in [-0.15, -0.1) is 0 Å². The van der Waals surface area contributed by atoms with Gasteiger partial charge in [0.15, 0.2) is 0 Å². The van der Waals surface area contributed by atoms with Crippen molar-refractivity contribution in [3.63, 3.8) is 0 Å². The standard InChI is InChI=1S/C20H27N3O4/c1-14-11-15(3-4-16(14)27-2)19(26)22-9-7-20(8-10-22)6-5-18(25)23(13-20)12-17(21)24/h3-4,11H,5-10,12-13H2,1-2H3,(H2,21,24). The number of carbonyl (C=O) groups excluding carboxylic acids is 3. The lowest BCUT2D eigenvalue weighted by molar-refractivity contribution is -0.142. The normalized spacial score (nSPS) is 19.3. The number of hydrogen-bond donors (Lipinski definition) is 1. The maximum absolute atomic E-state index is 12.8. The Morgan fingerprint density at radius 1 is 1.22 bits per heavy atom. The van der Waals surface area contributed by atoms with Crippen molar-refractivity contribution in [1.82, 2.24) is 9.80 Å². The molecule has 0 saturated carbocycles. The summed E-state index contributed by atoms with van der Waals surface area (Å²) in [6.45, 7) is 3.77. The molecule has 2 fully saturated rings. The predicted molar refractivity (Wildman–Crippen MR) is 100 cm³/mol. The van der Waals surface area contributed by atoms with Crippen LogP contribution in [0.3, 0.4) is 0 Å². The van der Waals surface area contributed by atoms with Gasteiger partial charge < -0.3 is 20.3 Å². The zero-order valence-electron chi connectivity index (χ0n) is 16.0. The minimum atomic E-state index is -0.483. The van der Waals surface area contributed by atoms with E-state index in [1.54, 1.807) is 18.1 Å². The molecule has 0 bridgehead atoms. The Labute approximate surface area is 159 Å². The van der Waals surface area contributed by atoms with Gasteiger partial charge in [0.25, 0.3) is 5.91 Å². The van der Waals surface area contributed by atoms with Gasteiger partial charge in [0.1, 0.15) is 5.75 Å². The molecule has 146 valence electrons. The third-order valence-electron chi connectivity index (χ3n) is 5.85. The topological polar surface area (TPSA) is 92.9 Å². The number of carbonyl (C=O) groups is 3. The number of methoxy groups -OCH3 is 1. The van der Waals surface area contributed by atoms with Crippen molar-refractivity contribution in [1.29, 1.82) is 0 Å². The first-order valence-corrected chi connectivity index (χ1v) is 9.33. The van der Waals surface area contributed by atoms with Crippen LogP contribution in [-0.2, 0) is 9.59 Å². The van der Waals surface area contributed by atoms with Crippen LogP contribution in [0.15, 0.2) is 18.2 Å². The zero-order valence-corrected chi connectivity index (χ0v) is 16.0. The third-order valence-corrected chi connectivity index (χ3v) is 5.85. The first-order valence-electron chi connectivity index (χ1n) is 9.33. The maximum Gasteiger partial charge on any atom is 0.253 e. The summed E-state index contributed by atoms with van der Waals surface area (Å²) in [6.07, 6.45) is 2.91. The number of nitrogens with two attached hydrogens (primary N) is 1. The lowest BCUT2D eigenvalue weighted by Gasteiger charge is -2.47. The molecule has 0 radical (unpaired) electrons. The molecule has 2 heterocycles. The van der Waals surface area contributed by atoms with Crippen molar-refractivity contribution in [3.8, 4) is 5.75 Å². The average Bonchev–Trinajstić information content (AvgIpc) is 2.64. The highest BCUT2D eigenvalue weighted by molar-refractivity contribution is 5.94. The van der Waals surface area contributed by atoms with Gasteiger partial charge in [0.05, 0.1) is 13.7 Å². The van der Waals surface area contributed by atoms with E-state index in [9.17, 15) is 14.4 Å². The van der Waals surface area contributed by atoms with Crippen LogP contribution in [-0.4, -0.2) is 60.8 Å². The fourth-order valence-electron chi connectivity index (χ4n) is 4.22. The highest BCUT2D eigenvalue weighted by Crippen LogP contribution is 2.40. The predicted octanol–water partition coefficient (Wildman–Crippen LogP) is 1.33. The van der Waals surface area contributed by atoms with Crippen molar-refractivity contribution >= 4 is 17.7 Å². The van der Waals surface area contributed by atoms with E-state index in [2.05, 4.69) is 0 Å². The molecule has 1 aromatic rings. The second kappa shape index (κ2) is 7.58. The summed E-state index contributed by atoms with van der Waals surface area (Å²) in [6, 6.07) is 5.48. The number of piperidine rings is 2. The second-order valence-corrected chi connectivity index (χ2v) is 7.69. The van der Waals surface area contributed by atoms with Crippen molar-refractivity contribution < 1.29 is 19.1 Å². The van der Waals surface area contributed by atoms with Crippen molar-refractivity contribution in [2.24, 2.45) is 11.1 Å². The van der Waals surface area contributed by atoms with Crippen LogP contribution in [0.2, 0.25) is 0 Å². The molecule has 2 N–H and O–H groups in total. The van der Waals surface area contributed by atoms with Crippen LogP contribution >= 0.6 is 0 Å². The van der Waals surface area contributed by atoms with Crippen molar-refractivity contribution in [3.05, 3.63) is 29.3 Å². The molecular weight excluding hydrogens is 346 g/mol. The van der Waals surface area contributed by atoms with Crippen LogP contribution in [0.5, 0.6) is 5.75 Å². The van der Waals surface area contributed by atoms with E-state index in [0.29, 0.717) is 31.6 Å². The molecule has 0 atom stereocenters. The summed E-state index contributed by atoms with van der Waals surface area (Å²) >= 11 is 0. The minimum Gasteiger partial charge on any atom is -0.496 e. The lowest BCUT2D eigenvalue weighted by Crippen LogP contribution is -2.53. The van der Waals surface area contributed by atoms with E-state index in [4.69, 9.17) is 10.5 Å². The second-order valence-electron chi connectivity index (χ2n) is 7.69. The van der Waals surface area contributed by atoms with Crippen LogP contribution in [0.25, 0.3) is 0 Å². The molecular formula is C20H27N3O4. The SMILES string of the molecule is COc1ccc(C(=O)N2CCC3(CCC(=O)N(CC(N)=O)C3)CC2)cc1C. The number of ether oxygens (including phenoxy) is 1. The van der Waals surface area contributed by atoms with E-state index < -0.39 is 5.91 Å².